The van der Waals surface area contributed by atoms with E-state index in [2.05, 4.69) is 10.6 Å². The topological polar surface area (TPSA) is 76.7 Å². The predicted octanol–water partition coefficient (Wildman–Crippen LogP) is 4.02. The standard InChI is InChI=1S/C20H21ClN2O4/c1-12-4-6-13(7-5-12)22-18(24)20(8-9-20)19(25)23-15-11-16(26-2)14(21)10-17(15)27-3/h4-7,10-11H,8-9H2,1-3H3,(H,22,24)(H,23,25). The first kappa shape index (κ1) is 19.0. The summed E-state index contributed by atoms with van der Waals surface area (Å²) >= 11 is 6.09. The first-order valence-electron chi connectivity index (χ1n) is 8.51. The number of anilines is 2. The molecular weight excluding hydrogens is 368 g/mol. The van der Waals surface area contributed by atoms with E-state index in [4.69, 9.17) is 21.1 Å². The van der Waals surface area contributed by atoms with Crippen molar-refractivity contribution >= 4 is 34.8 Å². The van der Waals surface area contributed by atoms with Gasteiger partial charge in [0.25, 0.3) is 0 Å². The van der Waals surface area contributed by atoms with Gasteiger partial charge in [0, 0.05) is 17.8 Å². The summed E-state index contributed by atoms with van der Waals surface area (Å²) < 4.78 is 10.5. The second kappa shape index (κ2) is 7.48. The number of rotatable bonds is 6. The number of amides is 2. The van der Waals surface area contributed by atoms with Crippen LogP contribution in [0.4, 0.5) is 11.4 Å². The number of benzene rings is 2. The second-order valence-corrected chi connectivity index (χ2v) is 6.95. The number of methoxy groups -OCH3 is 2. The van der Waals surface area contributed by atoms with E-state index in [0.29, 0.717) is 40.7 Å². The molecule has 0 radical (unpaired) electrons. The Morgan fingerprint density at radius 2 is 1.56 bits per heavy atom. The van der Waals surface area contributed by atoms with E-state index < -0.39 is 5.41 Å². The summed E-state index contributed by atoms with van der Waals surface area (Å²) in [5.41, 5.74) is 1.08. The van der Waals surface area contributed by atoms with Gasteiger partial charge in [-0.2, -0.15) is 0 Å². The lowest BCUT2D eigenvalue weighted by molar-refractivity contribution is -0.131. The smallest absolute Gasteiger partial charge is 0.240 e. The fourth-order valence-corrected chi connectivity index (χ4v) is 3.00. The van der Waals surface area contributed by atoms with Crippen LogP contribution in [0.3, 0.4) is 0 Å². The van der Waals surface area contributed by atoms with Crippen molar-refractivity contribution in [3.63, 3.8) is 0 Å². The molecule has 2 N–H and O–H groups in total. The Morgan fingerprint density at radius 3 is 2.11 bits per heavy atom. The van der Waals surface area contributed by atoms with Gasteiger partial charge in [0.15, 0.2) is 0 Å². The van der Waals surface area contributed by atoms with Gasteiger partial charge in [-0.3, -0.25) is 9.59 Å². The molecule has 0 heterocycles. The van der Waals surface area contributed by atoms with E-state index in [1.54, 1.807) is 12.1 Å². The highest BCUT2D eigenvalue weighted by Gasteiger charge is 2.56. The van der Waals surface area contributed by atoms with Gasteiger partial charge in [-0.25, -0.2) is 0 Å². The number of hydrogen-bond acceptors (Lipinski definition) is 4. The molecule has 0 bridgehead atoms. The molecule has 0 saturated heterocycles. The second-order valence-electron chi connectivity index (χ2n) is 6.54. The minimum Gasteiger partial charge on any atom is -0.495 e. The van der Waals surface area contributed by atoms with E-state index in [1.165, 1.54) is 14.2 Å². The van der Waals surface area contributed by atoms with Crippen molar-refractivity contribution < 1.29 is 19.1 Å². The van der Waals surface area contributed by atoms with E-state index in [1.807, 2.05) is 31.2 Å². The van der Waals surface area contributed by atoms with Crippen LogP contribution in [-0.2, 0) is 9.59 Å². The molecule has 3 rings (SSSR count). The van der Waals surface area contributed by atoms with E-state index >= 15 is 0 Å². The Labute approximate surface area is 162 Å². The van der Waals surface area contributed by atoms with Crippen LogP contribution in [0.1, 0.15) is 18.4 Å². The third kappa shape index (κ3) is 3.85. The SMILES string of the molecule is COc1cc(NC(=O)C2(C(=O)Nc3ccc(C)cc3)CC2)c(OC)cc1Cl. The lowest BCUT2D eigenvalue weighted by Gasteiger charge is -2.18. The van der Waals surface area contributed by atoms with Crippen LogP contribution in [0, 0.1) is 12.3 Å². The van der Waals surface area contributed by atoms with Crippen LogP contribution in [0.25, 0.3) is 0 Å². The Hall–Kier alpha value is -2.73. The third-order valence-electron chi connectivity index (χ3n) is 4.65. The molecule has 1 fully saturated rings. The maximum absolute atomic E-state index is 12.8. The van der Waals surface area contributed by atoms with E-state index in [9.17, 15) is 9.59 Å². The van der Waals surface area contributed by atoms with Crippen molar-refractivity contribution in [2.45, 2.75) is 19.8 Å². The van der Waals surface area contributed by atoms with Gasteiger partial charge in [0.1, 0.15) is 16.9 Å². The largest absolute Gasteiger partial charge is 0.495 e. The first-order valence-corrected chi connectivity index (χ1v) is 8.88. The number of nitrogens with one attached hydrogen (secondary N) is 2. The number of carbonyl (C=O) groups excluding carboxylic acids is 2. The third-order valence-corrected chi connectivity index (χ3v) is 4.95. The summed E-state index contributed by atoms with van der Waals surface area (Å²) in [4.78, 5) is 25.5. The fourth-order valence-electron chi connectivity index (χ4n) is 2.77. The van der Waals surface area contributed by atoms with Gasteiger partial charge < -0.3 is 20.1 Å². The number of carbonyl (C=O) groups is 2. The van der Waals surface area contributed by atoms with Gasteiger partial charge in [-0.15, -0.1) is 0 Å². The molecule has 27 heavy (non-hydrogen) atoms. The molecule has 2 amide bonds. The van der Waals surface area contributed by atoms with Crippen LogP contribution in [0.15, 0.2) is 36.4 Å². The number of hydrogen-bond donors (Lipinski definition) is 2. The van der Waals surface area contributed by atoms with Gasteiger partial charge in [0.2, 0.25) is 11.8 Å². The Morgan fingerprint density at radius 1 is 0.963 bits per heavy atom. The summed E-state index contributed by atoms with van der Waals surface area (Å²) in [6, 6.07) is 10.6. The molecule has 7 heteroatoms. The number of ether oxygens (including phenoxy) is 2. The molecular formula is C20H21ClN2O4. The van der Waals surface area contributed by atoms with Crippen molar-refractivity contribution in [3.05, 3.63) is 47.0 Å². The number of aryl methyl sites for hydroxylation is 1. The fraction of sp³-hybridized carbons (Fsp3) is 0.300. The molecule has 0 aromatic heterocycles. The molecule has 1 aliphatic rings. The summed E-state index contributed by atoms with van der Waals surface area (Å²) in [5, 5.41) is 5.97. The molecule has 2 aromatic carbocycles. The molecule has 0 unspecified atom stereocenters. The Balaban J connectivity index is 1.77. The van der Waals surface area contributed by atoms with Crippen LogP contribution in [0.2, 0.25) is 5.02 Å². The molecule has 0 aliphatic heterocycles. The molecule has 6 nitrogen and oxygen atoms in total. The molecule has 2 aromatic rings. The van der Waals surface area contributed by atoms with Crippen molar-refractivity contribution in [1.82, 2.24) is 0 Å². The molecule has 142 valence electrons. The average molecular weight is 389 g/mol. The molecule has 0 atom stereocenters. The normalized spacial score (nSPS) is 14.2. The highest BCUT2D eigenvalue weighted by molar-refractivity contribution is 6.32. The lowest BCUT2D eigenvalue weighted by atomic mass is 10.0. The quantitative estimate of drug-likeness (QED) is 0.732. The predicted molar refractivity (Wildman–Crippen MR) is 105 cm³/mol. The van der Waals surface area contributed by atoms with Gasteiger partial charge in [-0.1, -0.05) is 29.3 Å². The zero-order valence-electron chi connectivity index (χ0n) is 15.4. The van der Waals surface area contributed by atoms with Crippen molar-refractivity contribution in [2.75, 3.05) is 24.9 Å². The Bertz CT molecular complexity index is 876. The minimum absolute atomic E-state index is 0.316. The van der Waals surface area contributed by atoms with E-state index in [-0.39, 0.29) is 11.8 Å². The highest BCUT2D eigenvalue weighted by Crippen LogP contribution is 2.48. The van der Waals surface area contributed by atoms with Crippen molar-refractivity contribution in [2.24, 2.45) is 5.41 Å². The molecule has 1 saturated carbocycles. The summed E-state index contributed by atoms with van der Waals surface area (Å²) in [6.45, 7) is 1.97. The summed E-state index contributed by atoms with van der Waals surface area (Å²) in [5.74, 6) is 0.101. The maximum atomic E-state index is 12.8. The average Bonchev–Trinajstić information content (AvgIpc) is 3.46. The highest BCUT2D eigenvalue weighted by atomic mass is 35.5. The lowest BCUT2D eigenvalue weighted by Crippen LogP contribution is -2.35. The minimum atomic E-state index is -1.08. The maximum Gasteiger partial charge on any atom is 0.240 e. The van der Waals surface area contributed by atoms with Gasteiger partial charge in [-0.05, 0) is 31.9 Å². The number of halogens is 1. The van der Waals surface area contributed by atoms with E-state index in [0.717, 1.165) is 5.56 Å². The van der Waals surface area contributed by atoms with Gasteiger partial charge >= 0.3 is 0 Å². The monoisotopic (exact) mass is 388 g/mol. The molecule has 1 aliphatic carbocycles. The summed E-state index contributed by atoms with van der Waals surface area (Å²) in [7, 11) is 2.96. The zero-order valence-corrected chi connectivity index (χ0v) is 16.1. The van der Waals surface area contributed by atoms with Crippen LogP contribution >= 0.6 is 11.6 Å². The van der Waals surface area contributed by atoms with Crippen LogP contribution in [0.5, 0.6) is 11.5 Å². The zero-order chi connectivity index (χ0) is 19.6. The van der Waals surface area contributed by atoms with Crippen molar-refractivity contribution in [3.8, 4) is 11.5 Å². The Kier molecular flexibility index (Phi) is 5.28. The molecule has 0 spiro atoms. The van der Waals surface area contributed by atoms with Crippen LogP contribution in [-0.4, -0.2) is 26.0 Å². The van der Waals surface area contributed by atoms with Gasteiger partial charge in [0.05, 0.1) is 24.9 Å². The van der Waals surface area contributed by atoms with Crippen LogP contribution < -0.4 is 20.1 Å². The first-order chi connectivity index (χ1) is 12.9. The van der Waals surface area contributed by atoms with Crippen molar-refractivity contribution in [1.29, 1.82) is 0 Å². The summed E-state index contributed by atoms with van der Waals surface area (Å²) in [6.07, 6.45) is 0.979.